The second-order valence-corrected chi connectivity index (χ2v) is 3.65. The molecule has 1 rings (SSSR count). The van der Waals surface area contributed by atoms with Crippen LogP contribution in [0, 0.1) is 5.92 Å². The van der Waals surface area contributed by atoms with Crippen molar-refractivity contribution in [3.8, 4) is 0 Å². The Kier molecular flexibility index (Phi) is 3.09. The van der Waals surface area contributed by atoms with Gasteiger partial charge in [-0.1, -0.05) is 6.92 Å². The van der Waals surface area contributed by atoms with Crippen molar-refractivity contribution in [1.82, 2.24) is 5.32 Å². The van der Waals surface area contributed by atoms with Crippen LogP contribution in [0.3, 0.4) is 0 Å². The Balaban J connectivity index is 2.24. The topological polar surface area (TPSA) is 55.1 Å². The van der Waals surface area contributed by atoms with Gasteiger partial charge in [-0.05, 0) is 32.1 Å². The molecule has 0 radical (unpaired) electrons. The maximum atomic E-state index is 11.3. The molecule has 70 valence electrons. The Hall–Kier alpha value is -0.570. The van der Waals surface area contributed by atoms with E-state index in [-0.39, 0.29) is 11.9 Å². The minimum Gasteiger partial charge on any atom is -0.352 e. The molecule has 0 bridgehead atoms. The van der Waals surface area contributed by atoms with Gasteiger partial charge in [-0.15, -0.1) is 0 Å². The number of hydrogen-bond acceptors (Lipinski definition) is 2. The smallest absolute Gasteiger partial charge is 0.237 e. The lowest BCUT2D eigenvalue weighted by molar-refractivity contribution is -0.123. The number of amides is 1. The summed E-state index contributed by atoms with van der Waals surface area (Å²) in [6.45, 7) is 3.98. The molecule has 1 unspecified atom stereocenters. The largest absolute Gasteiger partial charge is 0.352 e. The molecule has 0 aromatic carbocycles. The summed E-state index contributed by atoms with van der Waals surface area (Å²) >= 11 is 0. The van der Waals surface area contributed by atoms with E-state index < -0.39 is 0 Å². The summed E-state index contributed by atoms with van der Waals surface area (Å²) in [6.07, 6.45) is 3.22. The number of carbonyl (C=O) groups excluding carboxylic acids is 1. The van der Waals surface area contributed by atoms with Crippen molar-refractivity contribution in [2.24, 2.45) is 11.7 Å². The Morgan fingerprint density at radius 1 is 1.67 bits per heavy atom. The maximum absolute atomic E-state index is 11.3. The molecule has 3 N–H and O–H groups in total. The van der Waals surface area contributed by atoms with Crippen molar-refractivity contribution in [1.29, 1.82) is 0 Å². The highest BCUT2D eigenvalue weighted by Gasteiger charge is 2.29. The number of nitrogens with one attached hydrogen (secondary N) is 1. The molecule has 0 aromatic rings. The number of nitrogens with two attached hydrogens (primary N) is 1. The predicted octanol–water partition coefficient (Wildman–Crippen LogP) is 0.638. The molecule has 1 fully saturated rings. The summed E-state index contributed by atoms with van der Waals surface area (Å²) in [5.74, 6) is 0.704. The Morgan fingerprint density at radius 3 is 2.67 bits per heavy atom. The first kappa shape index (κ1) is 9.52. The first-order valence-corrected chi connectivity index (χ1v) is 4.71. The average Bonchev–Trinajstić information content (AvgIpc) is 2.84. The molecule has 1 amide bonds. The summed E-state index contributed by atoms with van der Waals surface area (Å²) in [7, 11) is 0. The fraction of sp³-hybridized carbons (Fsp3) is 0.889. The molecule has 0 aromatic heterocycles. The van der Waals surface area contributed by atoms with Crippen LogP contribution in [0.2, 0.25) is 0 Å². The lowest BCUT2D eigenvalue weighted by Crippen LogP contribution is -2.44. The van der Waals surface area contributed by atoms with E-state index in [2.05, 4.69) is 12.2 Å². The summed E-state index contributed by atoms with van der Waals surface area (Å²) in [6, 6.07) is -0.0127. The summed E-state index contributed by atoms with van der Waals surface area (Å²) < 4.78 is 0. The van der Waals surface area contributed by atoms with Gasteiger partial charge in [0.05, 0.1) is 6.04 Å². The zero-order chi connectivity index (χ0) is 9.14. The van der Waals surface area contributed by atoms with E-state index in [1.165, 1.54) is 12.8 Å². The van der Waals surface area contributed by atoms with Gasteiger partial charge in [0.25, 0.3) is 0 Å². The van der Waals surface area contributed by atoms with Crippen molar-refractivity contribution < 1.29 is 4.79 Å². The van der Waals surface area contributed by atoms with Gasteiger partial charge >= 0.3 is 0 Å². The van der Waals surface area contributed by atoms with Gasteiger partial charge in [0.1, 0.15) is 0 Å². The fourth-order valence-corrected chi connectivity index (χ4v) is 1.23. The first-order valence-electron chi connectivity index (χ1n) is 4.71. The van der Waals surface area contributed by atoms with Gasteiger partial charge in [-0.2, -0.15) is 0 Å². The zero-order valence-electron chi connectivity index (χ0n) is 7.84. The first-order chi connectivity index (χ1) is 5.65. The van der Waals surface area contributed by atoms with E-state index in [1.807, 2.05) is 6.92 Å². The summed E-state index contributed by atoms with van der Waals surface area (Å²) in [4.78, 5) is 11.3. The molecule has 1 aliphatic rings. The zero-order valence-corrected chi connectivity index (χ0v) is 7.84. The molecule has 1 saturated carbocycles. The number of carbonyl (C=O) groups is 1. The molecule has 12 heavy (non-hydrogen) atoms. The highest BCUT2D eigenvalue weighted by atomic mass is 16.2. The van der Waals surface area contributed by atoms with Crippen molar-refractivity contribution in [2.45, 2.75) is 45.2 Å². The molecule has 0 spiro atoms. The maximum Gasteiger partial charge on any atom is 0.237 e. The SMILES string of the molecule is CC[C@H](N)C(=O)NC(C)C1CC1. The average molecular weight is 170 g/mol. The van der Waals surface area contributed by atoms with E-state index in [0.717, 1.165) is 0 Å². The van der Waals surface area contributed by atoms with Gasteiger partial charge in [0.2, 0.25) is 5.91 Å². The monoisotopic (exact) mass is 170 g/mol. The van der Waals surface area contributed by atoms with Crippen LogP contribution >= 0.6 is 0 Å². The standard InChI is InChI=1S/C9H18N2O/c1-3-8(10)9(12)11-6(2)7-4-5-7/h6-8H,3-5,10H2,1-2H3,(H,11,12)/t6?,8-/m0/s1. The Labute approximate surface area is 73.7 Å². The molecule has 0 aliphatic heterocycles. The lowest BCUT2D eigenvalue weighted by atomic mass is 10.2. The molecular formula is C9H18N2O. The normalized spacial score (nSPS) is 21.6. The van der Waals surface area contributed by atoms with Crippen LogP contribution in [0.25, 0.3) is 0 Å². The Bertz CT molecular complexity index is 166. The highest BCUT2D eigenvalue weighted by Crippen LogP contribution is 2.32. The molecule has 0 saturated heterocycles. The second kappa shape index (κ2) is 3.90. The fourth-order valence-electron chi connectivity index (χ4n) is 1.23. The van der Waals surface area contributed by atoms with Crippen LogP contribution in [-0.2, 0) is 4.79 Å². The van der Waals surface area contributed by atoms with Crippen molar-refractivity contribution in [3.63, 3.8) is 0 Å². The predicted molar refractivity (Wildman–Crippen MR) is 48.6 cm³/mol. The van der Waals surface area contributed by atoms with E-state index >= 15 is 0 Å². The molecule has 0 heterocycles. The molecular weight excluding hydrogens is 152 g/mol. The third-order valence-electron chi connectivity index (χ3n) is 2.48. The third kappa shape index (κ3) is 2.48. The van der Waals surface area contributed by atoms with Gasteiger partial charge in [-0.3, -0.25) is 4.79 Å². The minimum absolute atomic E-state index is 0.00287. The highest BCUT2D eigenvalue weighted by molar-refractivity contribution is 5.81. The van der Waals surface area contributed by atoms with Gasteiger partial charge in [0, 0.05) is 6.04 Å². The van der Waals surface area contributed by atoms with Crippen LogP contribution in [0.5, 0.6) is 0 Å². The van der Waals surface area contributed by atoms with Crippen LogP contribution in [0.15, 0.2) is 0 Å². The van der Waals surface area contributed by atoms with E-state index in [1.54, 1.807) is 0 Å². The van der Waals surface area contributed by atoms with E-state index in [0.29, 0.717) is 18.4 Å². The van der Waals surface area contributed by atoms with Crippen molar-refractivity contribution in [3.05, 3.63) is 0 Å². The molecule has 2 atom stereocenters. The number of rotatable bonds is 4. The van der Waals surface area contributed by atoms with Crippen LogP contribution in [0.4, 0.5) is 0 Å². The van der Waals surface area contributed by atoms with Crippen LogP contribution < -0.4 is 11.1 Å². The minimum atomic E-state index is -0.328. The number of hydrogen-bond donors (Lipinski definition) is 2. The van der Waals surface area contributed by atoms with Crippen LogP contribution in [-0.4, -0.2) is 18.0 Å². The van der Waals surface area contributed by atoms with Gasteiger partial charge in [-0.25, -0.2) is 0 Å². The molecule has 3 heteroatoms. The summed E-state index contributed by atoms with van der Waals surface area (Å²) in [5, 5.41) is 2.93. The van der Waals surface area contributed by atoms with Crippen LogP contribution in [0.1, 0.15) is 33.1 Å². The molecule has 3 nitrogen and oxygen atoms in total. The van der Waals surface area contributed by atoms with E-state index in [9.17, 15) is 4.79 Å². The third-order valence-corrected chi connectivity index (χ3v) is 2.48. The molecule has 1 aliphatic carbocycles. The summed E-state index contributed by atoms with van der Waals surface area (Å²) in [5.41, 5.74) is 5.57. The lowest BCUT2D eigenvalue weighted by Gasteiger charge is -2.15. The quantitative estimate of drug-likeness (QED) is 0.650. The van der Waals surface area contributed by atoms with Gasteiger partial charge < -0.3 is 11.1 Å². The second-order valence-electron chi connectivity index (χ2n) is 3.65. The van der Waals surface area contributed by atoms with E-state index in [4.69, 9.17) is 5.73 Å². The Morgan fingerprint density at radius 2 is 2.25 bits per heavy atom. The van der Waals surface area contributed by atoms with Crippen molar-refractivity contribution >= 4 is 5.91 Å². The van der Waals surface area contributed by atoms with Crippen molar-refractivity contribution in [2.75, 3.05) is 0 Å². The van der Waals surface area contributed by atoms with Gasteiger partial charge in [0.15, 0.2) is 0 Å².